The molecule has 0 aromatic rings. The summed E-state index contributed by atoms with van der Waals surface area (Å²) in [7, 11) is 0. The van der Waals surface area contributed by atoms with E-state index in [1.807, 2.05) is 0 Å². The van der Waals surface area contributed by atoms with Crippen molar-refractivity contribution in [2.45, 2.75) is 96.1 Å². The van der Waals surface area contributed by atoms with Crippen LogP contribution < -0.4 is 0 Å². The van der Waals surface area contributed by atoms with Crippen molar-refractivity contribution in [3.05, 3.63) is 0 Å². The first-order valence-electron chi connectivity index (χ1n) is 25.6. The zero-order valence-electron chi connectivity index (χ0n) is 51.9. The standard InChI is InChI=1S/C19H42N/c1-5-6-7-8-9-10-11-12-13-14-15-16-17-18-19-20(2,3)4/h5-19H2,1-4H3/q+1/i1D3,2D3,3D3,4D3,5D2,6D2,7D2,8D2,9D2,10D2,11D2,12D2,13D2,14D2,15D2,16D2,17D2,18D2,19D2. The van der Waals surface area contributed by atoms with Crippen LogP contribution in [0, 0.1) is 0 Å². The molecule has 1 heteroatoms. The summed E-state index contributed by atoms with van der Waals surface area (Å²) in [5.41, 5.74) is 0. The molecule has 0 rings (SSSR count). The summed E-state index contributed by atoms with van der Waals surface area (Å²) in [6, 6.07) is 0. The topological polar surface area (TPSA) is 0 Å². The average Bonchev–Trinajstić information content (AvgIpc) is 2.96. The number of quaternary nitrogens is 1. The lowest BCUT2D eigenvalue weighted by atomic mass is 10.0. The Hall–Kier alpha value is -0.0400. The predicted molar refractivity (Wildman–Crippen MR) is 93.2 cm³/mol. The monoisotopic (exact) mass is 327 g/mol. The first kappa shape index (κ1) is 1.93. The molecule has 0 heterocycles. The number of hydrogen-bond acceptors (Lipinski definition) is 0. The van der Waals surface area contributed by atoms with Gasteiger partial charge >= 0.3 is 0 Å². The van der Waals surface area contributed by atoms with Gasteiger partial charge in [0.2, 0.25) is 0 Å². The Labute approximate surface area is 188 Å². The summed E-state index contributed by atoms with van der Waals surface area (Å²) in [6.45, 7) is -23.9. The molecule has 0 N–H and O–H groups in total. The second kappa shape index (κ2) is 13.9. The van der Waals surface area contributed by atoms with Crippen molar-refractivity contribution in [2.75, 3.05) is 27.4 Å². The van der Waals surface area contributed by atoms with E-state index in [0.29, 0.717) is 0 Å². The van der Waals surface area contributed by atoms with Crippen LogP contribution >= 0.6 is 0 Å². The van der Waals surface area contributed by atoms with E-state index in [9.17, 15) is 0 Å². The molecular formula is C19H42N+. The van der Waals surface area contributed by atoms with Gasteiger partial charge in [-0.25, -0.2) is 0 Å². The number of rotatable bonds is 15. The molecule has 122 valence electrons. The van der Waals surface area contributed by atoms with Crippen molar-refractivity contribution < 1.29 is 62.1 Å². The molecule has 0 fully saturated rings. The molecule has 0 aliphatic rings. The smallest absolute Gasteiger partial charge is 0.0924 e. The van der Waals surface area contributed by atoms with Gasteiger partial charge < -0.3 is 4.48 Å². The molecule has 0 saturated heterocycles. The fraction of sp³-hybridized carbons (Fsp3) is 1.00. The molecule has 0 unspecified atom stereocenters. The maximum Gasteiger partial charge on any atom is 0.0924 e. The summed E-state index contributed by atoms with van der Waals surface area (Å²) in [4.78, 5) is 0. The lowest BCUT2D eigenvalue weighted by Crippen LogP contribution is -2.35. The zero-order valence-corrected chi connectivity index (χ0v) is 9.95. The highest BCUT2D eigenvalue weighted by atomic mass is 15.3. The fourth-order valence-electron chi connectivity index (χ4n) is 0.487. The van der Waals surface area contributed by atoms with Gasteiger partial charge in [-0.05, 0) is 12.7 Å². The summed E-state index contributed by atoms with van der Waals surface area (Å²) in [6.07, 6.45) is -72.8. The van der Waals surface area contributed by atoms with E-state index in [1.165, 1.54) is 0 Å². The first-order valence-corrected chi connectivity index (χ1v) is 4.64. The van der Waals surface area contributed by atoms with Crippen molar-refractivity contribution in [3.63, 3.8) is 0 Å². The molecule has 0 radical (unpaired) electrons. The molecule has 0 saturated carbocycles. The predicted octanol–water partition coefficient (Wildman–Crippen LogP) is 6.17. The van der Waals surface area contributed by atoms with E-state index in [4.69, 9.17) is 57.6 Å². The summed E-state index contributed by atoms with van der Waals surface area (Å²) in [5, 5.41) is 0. The lowest BCUT2D eigenvalue weighted by Gasteiger charge is -2.23. The molecule has 0 atom stereocenters. The van der Waals surface area contributed by atoms with Crippen molar-refractivity contribution in [1.82, 2.24) is 0 Å². The van der Waals surface area contributed by atoms with Crippen molar-refractivity contribution in [3.8, 4) is 0 Å². The largest absolute Gasteiger partial charge is 0.331 e. The number of hydrogen-bond donors (Lipinski definition) is 0. The minimum absolute atomic E-state index is 4.06. The molecule has 20 heavy (non-hydrogen) atoms. The van der Waals surface area contributed by atoms with Crippen LogP contribution in [0.25, 0.3) is 0 Å². The Morgan fingerprint density at radius 1 is 0.600 bits per heavy atom. The molecule has 0 aromatic carbocycles. The zero-order chi connectivity index (χ0) is 52.0. The third-order valence-corrected chi connectivity index (χ3v) is 1.04. The Morgan fingerprint density at radius 3 is 1.40 bits per heavy atom. The van der Waals surface area contributed by atoms with Gasteiger partial charge in [0, 0.05) is 42.5 Å². The van der Waals surface area contributed by atoms with E-state index in [1.54, 1.807) is 0 Å². The maximum atomic E-state index is 8.30. The van der Waals surface area contributed by atoms with Gasteiger partial charge in [-0.3, -0.25) is 0 Å². The van der Waals surface area contributed by atoms with Gasteiger partial charge in [-0.1, -0.05) is 83.3 Å². The second-order valence-electron chi connectivity index (χ2n) is 2.53. The highest BCUT2D eigenvalue weighted by Gasteiger charge is 2.04. The van der Waals surface area contributed by atoms with Crippen LogP contribution in [-0.4, -0.2) is 31.9 Å². The summed E-state index contributed by atoms with van der Waals surface area (Å²) < 4.78 is 332. The van der Waals surface area contributed by atoms with Crippen LogP contribution in [0.1, 0.15) is 154 Å². The second-order valence-corrected chi connectivity index (χ2v) is 2.53. The SMILES string of the molecule is [2H]C([2H])([2H])C([2H])([2H])C([2H])([2H])C([2H])([2H])C([2H])([2H])C([2H])([2H])C([2H])([2H])C([2H])([2H])C([2H])([2H])C([2H])([2H])C([2H])([2H])C([2H])([2H])C([2H])([2H])C([2H])([2H])C([2H])([2H])C([2H])([2H])[N+](C([2H])([2H])[2H])(C([2H])([2H])[2H])C([2H])([2H])[2H]. The van der Waals surface area contributed by atoms with E-state index < -0.39 is 128 Å². The van der Waals surface area contributed by atoms with Crippen LogP contribution in [0.5, 0.6) is 0 Å². The number of nitrogens with zero attached hydrogens (tertiary/aromatic N) is 1. The molecule has 1 nitrogen and oxygen atoms in total. The van der Waals surface area contributed by atoms with Crippen molar-refractivity contribution >= 4 is 0 Å². The molecule has 0 aromatic heterocycles. The molecule has 0 bridgehead atoms. The van der Waals surface area contributed by atoms with E-state index in [-0.39, 0.29) is 0 Å². The van der Waals surface area contributed by atoms with Gasteiger partial charge in [0.1, 0.15) is 0 Å². The highest BCUT2D eigenvalue weighted by molar-refractivity contribution is 4.49. The average molecular weight is 327 g/mol. The van der Waals surface area contributed by atoms with Gasteiger partial charge in [0.15, 0.2) is 0 Å². The maximum absolute atomic E-state index is 8.30. The van der Waals surface area contributed by atoms with Gasteiger partial charge in [0.05, 0.1) is 42.5 Å². The Balaban J connectivity index is 8.20. The summed E-state index contributed by atoms with van der Waals surface area (Å²) in [5.74, 6) is 0. The van der Waals surface area contributed by atoms with Crippen LogP contribution in [0.2, 0.25) is 0 Å². The quantitative estimate of drug-likeness (QED) is 0.315. The molecule has 0 amide bonds. The first-order chi connectivity index (χ1) is 25.8. The molecular weight excluding hydrogens is 242 g/mol. The third-order valence-electron chi connectivity index (χ3n) is 1.04. The molecule has 0 aliphatic heterocycles. The van der Waals surface area contributed by atoms with E-state index >= 15 is 0 Å². The van der Waals surface area contributed by atoms with Gasteiger partial charge in [0.25, 0.3) is 0 Å². The van der Waals surface area contributed by atoms with Crippen LogP contribution in [0.3, 0.4) is 0 Å². The van der Waals surface area contributed by atoms with E-state index in [2.05, 4.69) is 0 Å². The van der Waals surface area contributed by atoms with Crippen LogP contribution in [0.15, 0.2) is 0 Å². The minimum atomic E-state index is -5.40. The normalized spacial score (nSPS) is 56.4. The molecule has 0 aliphatic carbocycles. The Bertz CT molecular complexity index is 1580. The minimum Gasteiger partial charge on any atom is -0.331 e. The van der Waals surface area contributed by atoms with Crippen LogP contribution in [-0.2, 0) is 0 Å². The van der Waals surface area contributed by atoms with E-state index in [0.717, 1.165) is 0 Å². The van der Waals surface area contributed by atoms with Gasteiger partial charge in [-0.2, -0.15) is 0 Å². The Kier molecular flexibility index (Phi) is 1.34. The van der Waals surface area contributed by atoms with Gasteiger partial charge in [-0.15, -0.1) is 0 Å². The van der Waals surface area contributed by atoms with Crippen LogP contribution in [0.4, 0.5) is 0 Å². The highest BCUT2D eigenvalue weighted by Crippen LogP contribution is 2.13. The Morgan fingerprint density at radius 2 is 1.00 bits per heavy atom. The van der Waals surface area contributed by atoms with Crippen molar-refractivity contribution in [2.24, 2.45) is 0 Å². The fourth-order valence-corrected chi connectivity index (χ4v) is 0.487. The lowest BCUT2D eigenvalue weighted by molar-refractivity contribution is -0.870. The summed E-state index contributed by atoms with van der Waals surface area (Å²) >= 11 is 0. The van der Waals surface area contributed by atoms with Crippen molar-refractivity contribution in [1.29, 1.82) is 0 Å². The third kappa shape index (κ3) is 18.0. The molecule has 0 spiro atoms.